The van der Waals surface area contributed by atoms with E-state index in [0.717, 1.165) is 10.8 Å². The Morgan fingerprint density at radius 3 is 2.74 bits per heavy atom. The zero-order valence-corrected chi connectivity index (χ0v) is 21.3. The van der Waals surface area contributed by atoms with E-state index in [1.54, 1.807) is 31.7 Å². The van der Waals surface area contributed by atoms with Crippen LogP contribution in [0.1, 0.15) is 20.8 Å². The van der Waals surface area contributed by atoms with Gasteiger partial charge in [0, 0.05) is 31.4 Å². The monoisotopic (exact) mass is 514 g/mol. The highest BCUT2D eigenvalue weighted by Gasteiger charge is 2.36. The van der Waals surface area contributed by atoms with Gasteiger partial charge in [-0.05, 0) is 43.7 Å². The van der Waals surface area contributed by atoms with Crippen molar-refractivity contribution in [1.82, 2.24) is 19.9 Å². The van der Waals surface area contributed by atoms with Crippen LogP contribution in [-0.4, -0.2) is 68.9 Å². The summed E-state index contributed by atoms with van der Waals surface area (Å²) in [5.74, 6) is -0.128. The molecule has 1 aliphatic rings. The Kier molecular flexibility index (Phi) is 6.45. The van der Waals surface area contributed by atoms with Gasteiger partial charge in [0.15, 0.2) is 5.82 Å². The van der Waals surface area contributed by atoms with Gasteiger partial charge in [0.25, 0.3) is 0 Å². The molecule has 194 valence electrons. The largest absolute Gasteiger partial charge is 0.508 e. The molecule has 38 heavy (non-hydrogen) atoms. The first-order chi connectivity index (χ1) is 18.2. The number of ether oxygens (including phenoxy) is 1. The van der Waals surface area contributed by atoms with E-state index in [4.69, 9.17) is 11.3 Å². The van der Waals surface area contributed by atoms with Crippen LogP contribution in [0, 0.1) is 12.4 Å². The summed E-state index contributed by atoms with van der Waals surface area (Å²) in [5, 5.41) is 12.2. The first-order valence-corrected chi connectivity index (χ1v) is 12.3. The number of phenolic OH excluding ortho intramolecular Hbond substituents is 1. The van der Waals surface area contributed by atoms with E-state index in [2.05, 4.69) is 19.8 Å². The summed E-state index contributed by atoms with van der Waals surface area (Å²) in [4.78, 5) is 32.9. The number of phenols is 1. The van der Waals surface area contributed by atoms with E-state index >= 15 is 4.39 Å². The van der Waals surface area contributed by atoms with Crippen molar-refractivity contribution in [2.45, 2.75) is 32.4 Å². The zero-order valence-electron chi connectivity index (χ0n) is 21.3. The molecule has 10 heteroatoms. The number of anilines is 1. The van der Waals surface area contributed by atoms with Crippen molar-refractivity contribution >= 4 is 33.6 Å². The van der Waals surface area contributed by atoms with E-state index in [9.17, 15) is 9.90 Å². The van der Waals surface area contributed by atoms with Crippen molar-refractivity contribution in [3.63, 3.8) is 0 Å². The zero-order chi connectivity index (χ0) is 27.0. The molecule has 4 aromatic rings. The van der Waals surface area contributed by atoms with Crippen LogP contribution in [0.3, 0.4) is 0 Å². The van der Waals surface area contributed by atoms with E-state index < -0.39 is 23.6 Å². The maximum absolute atomic E-state index is 15.9. The average molecular weight is 515 g/mol. The van der Waals surface area contributed by atoms with Crippen LogP contribution in [0.25, 0.3) is 37.8 Å². The van der Waals surface area contributed by atoms with Crippen LogP contribution < -0.4 is 4.90 Å². The molecule has 1 fully saturated rings. The number of hydrogen-bond acceptors (Lipinski definition) is 7. The minimum absolute atomic E-state index is 0.0112. The highest BCUT2D eigenvalue weighted by molar-refractivity contribution is 5.99. The van der Waals surface area contributed by atoms with Crippen molar-refractivity contribution in [2.24, 2.45) is 0 Å². The van der Waals surface area contributed by atoms with Crippen molar-refractivity contribution in [3.8, 4) is 17.0 Å². The number of aromatic hydroxyl groups is 1. The van der Waals surface area contributed by atoms with Crippen LogP contribution in [0.15, 0.2) is 48.9 Å². The lowest BCUT2D eigenvalue weighted by molar-refractivity contribution is 0.0156. The van der Waals surface area contributed by atoms with Gasteiger partial charge in [-0.3, -0.25) is 9.88 Å². The predicted octanol–water partition coefficient (Wildman–Crippen LogP) is 5.03. The minimum Gasteiger partial charge on any atom is -0.508 e. The number of amides is 1. The van der Waals surface area contributed by atoms with Crippen LogP contribution in [0.5, 0.6) is 5.75 Å². The molecular formula is C28H27FN6O3. The normalized spacial score (nSPS) is 16.0. The van der Waals surface area contributed by atoms with Crippen molar-refractivity contribution in [3.05, 3.63) is 66.2 Å². The lowest BCUT2D eigenvalue weighted by Crippen LogP contribution is -2.57. The smallest absolute Gasteiger partial charge is 0.410 e. The molecule has 1 amide bonds. The molecule has 2 aromatic heterocycles. The molecular weight excluding hydrogens is 487 g/mol. The second-order valence-electron chi connectivity index (χ2n) is 10.2. The van der Waals surface area contributed by atoms with E-state index in [-0.39, 0.29) is 23.5 Å². The predicted molar refractivity (Wildman–Crippen MR) is 142 cm³/mol. The highest BCUT2D eigenvalue weighted by atomic mass is 19.1. The molecule has 0 radical (unpaired) electrons. The second-order valence-corrected chi connectivity index (χ2v) is 10.2. The highest BCUT2D eigenvalue weighted by Crippen LogP contribution is 2.36. The van der Waals surface area contributed by atoms with E-state index in [1.807, 2.05) is 29.2 Å². The molecule has 9 nitrogen and oxygen atoms in total. The molecule has 2 aromatic carbocycles. The Bertz CT molecular complexity index is 1580. The van der Waals surface area contributed by atoms with Gasteiger partial charge in [0.2, 0.25) is 6.54 Å². The fourth-order valence-corrected chi connectivity index (χ4v) is 4.78. The molecule has 0 saturated carbocycles. The number of carbonyl (C=O) groups is 1. The van der Waals surface area contributed by atoms with Gasteiger partial charge in [-0.1, -0.05) is 24.3 Å². The quantitative estimate of drug-likeness (QED) is 0.383. The van der Waals surface area contributed by atoms with Crippen LogP contribution in [0.2, 0.25) is 0 Å². The Labute approximate surface area is 219 Å². The maximum atomic E-state index is 15.9. The number of piperazine rings is 1. The molecule has 1 atom stereocenters. The standard InChI is InChI=1S/C28H27FN6O3/c1-28(2,3)38-27(37)35-10-9-34(15-18(35)13-30-4)26-22-14-31-24(23(29)25(22)32-16-33-26)21-12-19(36)11-17-7-5-6-8-20(17)21/h5-8,11-12,14,16,18,36H,9-10,13,15H2,1-3H3/t18-/m0/s1. The first-order valence-electron chi connectivity index (χ1n) is 12.3. The van der Waals surface area contributed by atoms with Gasteiger partial charge in [-0.2, -0.15) is 0 Å². The lowest BCUT2D eigenvalue weighted by atomic mass is 10.00. The van der Waals surface area contributed by atoms with Crippen molar-refractivity contribution in [1.29, 1.82) is 0 Å². The third-order valence-electron chi connectivity index (χ3n) is 6.42. The summed E-state index contributed by atoms with van der Waals surface area (Å²) in [6.45, 7) is 13.9. The molecule has 5 rings (SSSR count). The van der Waals surface area contributed by atoms with Gasteiger partial charge in [-0.25, -0.2) is 25.7 Å². The van der Waals surface area contributed by atoms with Crippen LogP contribution >= 0.6 is 0 Å². The number of rotatable bonds is 3. The molecule has 0 unspecified atom stereocenters. The summed E-state index contributed by atoms with van der Waals surface area (Å²) in [5.41, 5.74) is -0.0107. The fourth-order valence-electron chi connectivity index (χ4n) is 4.78. The molecule has 3 heterocycles. The summed E-state index contributed by atoms with van der Waals surface area (Å²) in [7, 11) is 0. The van der Waals surface area contributed by atoms with E-state index in [0.29, 0.717) is 36.4 Å². The Balaban J connectivity index is 1.51. The van der Waals surface area contributed by atoms with E-state index in [1.165, 1.54) is 18.6 Å². The topological polar surface area (TPSA) is 96.0 Å². The summed E-state index contributed by atoms with van der Waals surface area (Å²) in [6.07, 6.45) is 2.37. The third kappa shape index (κ3) is 4.75. The van der Waals surface area contributed by atoms with Crippen molar-refractivity contribution < 1.29 is 19.0 Å². The number of aromatic nitrogens is 3. The third-order valence-corrected chi connectivity index (χ3v) is 6.42. The SMILES string of the molecule is [C-]#[N+]C[C@H]1CN(c2ncnc3c(F)c(-c4cc(O)cc5ccccc45)ncc23)CCN1C(=O)OC(C)(C)C. The number of fused-ring (bicyclic) bond motifs is 2. The lowest BCUT2D eigenvalue weighted by Gasteiger charge is -2.40. The molecule has 0 aliphatic carbocycles. The van der Waals surface area contributed by atoms with Crippen molar-refractivity contribution in [2.75, 3.05) is 31.1 Å². The average Bonchev–Trinajstić information content (AvgIpc) is 2.87. The minimum atomic E-state index is -0.651. The number of pyridine rings is 1. The van der Waals surface area contributed by atoms with Crippen LogP contribution in [0.4, 0.5) is 15.0 Å². The summed E-state index contributed by atoms with van der Waals surface area (Å²) >= 11 is 0. The number of halogens is 1. The van der Waals surface area contributed by atoms with Gasteiger partial charge in [0.1, 0.15) is 40.7 Å². The van der Waals surface area contributed by atoms with Crippen LogP contribution in [-0.2, 0) is 4.74 Å². The molecule has 0 spiro atoms. The molecule has 0 bridgehead atoms. The van der Waals surface area contributed by atoms with Gasteiger partial charge in [-0.15, -0.1) is 0 Å². The number of benzene rings is 2. The number of hydrogen-bond donors (Lipinski definition) is 1. The fraction of sp³-hybridized carbons (Fsp3) is 0.321. The van der Waals surface area contributed by atoms with Gasteiger partial charge >= 0.3 is 6.09 Å². The number of nitrogens with zero attached hydrogens (tertiary/aromatic N) is 6. The number of carbonyl (C=O) groups excluding carboxylic acids is 1. The summed E-state index contributed by atoms with van der Waals surface area (Å²) in [6, 6.07) is 10.1. The second kappa shape index (κ2) is 9.74. The Morgan fingerprint density at radius 1 is 1.18 bits per heavy atom. The molecule has 1 saturated heterocycles. The first kappa shape index (κ1) is 25.1. The molecule has 1 aliphatic heterocycles. The Morgan fingerprint density at radius 2 is 1.97 bits per heavy atom. The maximum Gasteiger partial charge on any atom is 0.410 e. The summed E-state index contributed by atoms with van der Waals surface area (Å²) < 4.78 is 21.5. The van der Waals surface area contributed by atoms with Gasteiger partial charge < -0.3 is 19.6 Å². The Hall–Kier alpha value is -4.52. The molecule has 1 N–H and O–H groups in total. The van der Waals surface area contributed by atoms with Gasteiger partial charge in [0.05, 0.1) is 5.39 Å².